The molecule has 0 atom stereocenters. The zero-order valence-electron chi connectivity index (χ0n) is 18.1. The van der Waals surface area contributed by atoms with Gasteiger partial charge in [0.25, 0.3) is 5.91 Å². The summed E-state index contributed by atoms with van der Waals surface area (Å²) in [6.45, 7) is 6.26. The van der Waals surface area contributed by atoms with E-state index in [0.29, 0.717) is 24.4 Å². The Morgan fingerprint density at radius 2 is 1.97 bits per heavy atom. The van der Waals surface area contributed by atoms with Gasteiger partial charge in [-0.25, -0.2) is 13.4 Å². The van der Waals surface area contributed by atoms with Crippen molar-refractivity contribution in [3.63, 3.8) is 0 Å². The minimum absolute atomic E-state index is 0.0303. The molecule has 1 aromatic heterocycles. The number of pyridine rings is 1. The Kier molecular flexibility index (Phi) is 6.56. The fraction of sp³-hybridized carbons (Fsp3) is 0.727. The largest absolute Gasteiger partial charge is 0.480 e. The third kappa shape index (κ3) is 5.50. The van der Waals surface area contributed by atoms with Crippen LogP contribution in [0.25, 0.3) is 0 Å². The normalized spacial score (nSPS) is 24.1. The van der Waals surface area contributed by atoms with Crippen molar-refractivity contribution in [2.45, 2.75) is 59.3 Å². The van der Waals surface area contributed by atoms with Gasteiger partial charge in [-0.2, -0.15) is 0 Å². The van der Waals surface area contributed by atoms with E-state index in [1.165, 1.54) is 20.0 Å². The zero-order chi connectivity index (χ0) is 21.2. The molecule has 0 radical (unpaired) electrons. The van der Waals surface area contributed by atoms with Gasteiger partial charge in [0, 0.05) is 18.0 Å². The maximum Gasteiger partial charge on any atom is 0.257 e. The Bertz CT molecular complexity index is 856. The number of ether oxygens (including phenoxy) is 1. The Balaban J connectivity index is 1.65. The number of nitrogens with one attached hydrogen (secondary N) is 1. The fourth-order valence-corrected chi connectivity index (χ4v) is 6.68. The second kappa shape index (κ2) is 8.62. The average molecular weight is 423 g/mol. The first-order valence-corrected chi connectivity index (χ1v) is 12.5. The number of hydrogen-bond donors (Lipinski definition) is 1. The lowest BCUT2D eigenvalue weighted by molar-refractivity contribution is 0.0474. The van der Waals surface area contributed by atoms with Gasteiger partial charge < -0.3 is 10.1 Å². The molecule has 0 bridgehead atoms. The van der Waals surface area contributed by atoms with E-state index in [0.717, 1.165) is 36.4 Å². The van der Waals surface area contributed by atoms with Gasteiger partial charge in [0.1, 0.15) is 5.56 Å². The highest BCUT2D eigenvalue weighted by Crippen LogP contribution is 2.54. The number of methoxy groups -OCH3 is 1. The second-order valence-electron chi connectivity index (χ2n) is 9.18. The summed E-state index contributed by atoms with van der Waals surface area (Å²) >= 11 is 0. The molecule has 1 aromatic rings. The summed E-state index contributed by atoms with van der Waals surface area (Å²) < 4.78 is 29.7. The van der Waals surface area contributed by atoms with Gasteiger partial charge >= 0.3 is 0 Å². The van der Waals surface area contributed by atoms with Gasteiger partial charge in [-0.05, 0) is 68.4 Å². The Labute approximate surface area is 174 Å². The summed E-state index contributed by atoms with van der Waals surface area (Å²) in [5, 5.41) is 3.11. The van der Waals surface area contributed by atoms with Crippen molar-refractivity contribution in [2.75, 3.05) is 25.2 Å². The summed E-state index contributed by atoms with van der Waals surface area (Å²) in [4.78, 5) is 17.2. The van der Waals surface area contributed by atoms with Crippen molar-refractivity contribution in [1.82, 2.24) is 10.3 Å². The number of hydrogen-bond acceptors (Lipinski definition) is 5. The van der Waals surface area contributed by atoms with Crippen LogP contribution < -0.4 is 10.1 Å². The van der Waals surface area contributed by atoms with E-state index >= 15 is 0 Å². The number of amides is 1. The molecule has 7 heteroatoms. The van der Waals surface area contributed by atoms with E-state index in [9.17, 15) is 13.2 Å². The van der Waals surface area contributed by atoms with Crippen LogP contribution in [0.3, 0.4) is 0 Å². The van der Waals surface area contributed by atoms with Crippen molar-refractivity contribution in [3.05, 3.63) is 22.9 Å². The molecule has 0 saturated heterocycles. The Morgan fingerprint density at radius 1 is 1.28 bits per heavy atom. The predicted molar refractivity (Wildman–Crippen MR) is 114 cm³/mol. The fourth-order valence-electron chi connectivity index (χ4n) is 4.94. The number of aromatic nitrogens is 1. The van der Waals surface area contributed by atoms with E-state index in [2.05, 4.69) is 10.3 Å². The van der Waals surface area contributed by atoms with Crippen molar-refractivity contribution in [2.24, 2.45) is 17.3 Å². The molecule has 3 rings (SSSR count). The molecule has 1 heterocycles. The molecule has 6 nitrogen and oxygen atoms in total. The van der Waals surface area contributed by atoms with Crippen LogP contribution in [-0.2, 0) is 9.84 Å². The van der Waals surface area contributed by atoms with Gasteiger partial charge in [0.05, 0.1) is 12.9 Å². The number of aryl methyl sites for hydroxylation is 2. The van der Waals surface area contributed by atoms with Crippen LogP contribution in [0.2, 0.25) is 0 Å². The van der Waals surface area contributed by atoms with Crippen LogP contribution in [0, 0.1) is 31.1 Å². The third-order valence-corrected chi connectivity index (χ3v) is 8.23. The Hall–Kier alpha value is -1.63. The van der Waals surface area contributed by atoms with Crippen LogP contribution in [-0.4, -0.2) is 44.5 Å². The standard InChI is InChI=1S/C22H34N2O4S/c1-5-8-29(26,27)13-18-11-22(12-18,10-17-6-7-17)14-23-20(25)19-15(2)9-16(3)24-21(19)28-4/h9,17-18H,5-8,10-14H2,1-4H3,(H,23,25). The monoisotopic (exact) mass is 422 g/mol. The van der Waals surface area contributed by atoms with Crippen LogP contribution in [0.4, 0.5) is 0 Å². The van der Waals surface area contributed by atoms with Crippen LogP contribution >= 0.6 is 0 Å². The quantitative estimate of drug-likeness (QED) is 0.624. The lowest BCUT2D eigenvalue weighted by atomic mass is 9.60. The summed E-state index contributed by atoms with van der Waals surface area (Å²) in [6.07, 6.45) is 6.03. The molecule has 2 aliphatic rings. The van der Waals surface area contributed by atoms with E-state index in [1.807, 2.05) is 26.8 Å². The molecule has 29 heavy (non-hydrogen) atoms. The zero-order valence-corrected chi connectivity index (χ0v) is 18.9. The predicted octanol–water partition coefficient (Wildman–Crippen LogP) is 3.46. The van der Waals surface area contributed by atoms with E-state index in [1.54, 1.807) is 0 Å². The summed E-state index contributed by atoms with van der Waals surface area (Å²) in [5.74, 6) is 1.71. The maximum absolute atomic E-state index is 12.9. The minimum Gasteiger partial charge on any atom is -0.480 e. The van der Waals surface area contributed by atoms with Gasteiger partial charge in [0.2, 0.25) is 5.88 Å². The Morgan fingerprint density at radius 3 is 2.55 bits per heavy atom. The number of rotatable bonds is 10. The second-order valence-corrected chi connectivity index (χ2v) is 11.4. The van der Waals surface area contributed by atoms with Gasteiger partial charge in [-0.3, -0.25) is 4.79 Å². The topological polar surface area (TPSA) is 85.4 Å². The molecule has 0 spiro atoms. The average Bonchev–Trinajstić information content (AvgIpc) is 3.40. The highest BCUT2D eigenvalue weighted by molar-refractivity contribution is 7.91. The van der Waals surface area contributed by atoms with E-state index < -0.39 is 9.84 Å². The molecule has 1 amide bonds. The number of carbonyl (C=O) groups is 1. The van der Waals surface area contributed by atoms with Crippen molar-refractivity contribution < 1.29 is 17.9 Å². The van der Waals surface area contributed by atoms with Crippen LogP contribution in [0.15, 0.2) is 6.07 Å². The number of carbonyl (C=O) groups excluding carboxylic acids is 1. The third-order valence-electron chi connectivity index (χ3n) is 6.22. The first-order chi connectivity index (χ1) is 13.7. The molecule has 2 fully saturated rings. The van der Waals surface area contributed by atoms with Gasteiger partial charge in [-0.1, -0.05) is 19.8 Å². The maximum atomic E-state index is 12.9. The van der Waals surface area contributed by atoms with Crippen molar-refractivity contribution in [3.8, 4) is 5.88 Å². The number of nitrogens with zero attached hydrogens (tertiary/aromatic N) is 1. The highest BCUT2D eigenvalue weighted by Gasteiger charge is 2.48. The van der Waals surface area contributed by atoms with Crippen molar-refractivity contribution in [1.29, 1.82) is 0 Å². The van der Waals surface area contributed by atoms with Crippen LogP contribution in [0.1, 0.15) is 67.1 Å². The summed E-state index contributed by atoms with van der Waals surface area (Å²) in [6, 6.07) is 1.88. The lowest BCUT2D eigenvalue weighted by Gasteiger charge is -2.48. The molecule has 0 aliphatic heterocycles. The molecule has 2 aliphatic carbocycles. The lowest BCUT2D eigenvalue weighted by Crippen LogP contribution is -2.48. The molecule has 0 aromatic carbocycles. The SMILES string of the molecule is CCCS(=O)(=O)CC1CC(CNC(=O)c2c(C)cc(C)nc2OC)(CC2CC2)C1. The molecular weight excluding hydrogens is 388 g/mol. The first-order valence-electron chi connectivity index (χ1n) is 10.7. The first kappa shape index (κ1) is 22.1. The highest BCUT2D eigenvalue weighted by atomic mass is 32.2. The molecular formula is C22H34N2O4S. The van der Waals surface area contributed by atoms with Gasteiger partial charge in [0.15, 0.2) is 9.84 Å². The van der Waals surface area contributed by atoms with E-state index in [-0.39, 0.29) is 28.7 Å². The molecule has 1 N–H and O–H groups in total. The smallest absolute Gasteiger partial charge is 0.257 e. The van der Waals surface area contributed by atoms with Crippen molar-refractivity contribution >= 4 is 15.7 Å². The summed E-state index contributed by atoms with van der Waals surface area (Å²) in [5.41, 5.74) is 2.18. The van der Waals surface area contributed by atoms with Gasteiger partial charge in [-0.15, -0.1) is 0 Å². The summed E-state index contributed by atoms with van der Waals surface area (Å²) in [7, 11) is -1.43. The molecule has 162 valence electrons. The minimum atomic E-state index is -2.96. The molecule has 0 unspecified atom stereocenters. The van der Waals surface area contributed by atoms with Crippen LogP contribution in [0.5, 0.6) is 5.88 Å². The molecule has 2 saturated carbocycles. The van der Waals surface area contributed by atoms with E-state index in [4.69, 9.17) is 4.74 Å². The number of sulfone groups is 1.